The molecule has 0 unspecified atom stereocenters. The van der Waals surface area contributed by atoms with Crippen LogP contribution in [0.25, 0.3) is 10.9 Å². The standard InChI is InChI=1S/C19H21N5O/c1-14-10-18(22-13-21-14)23-6-8-24(9-7-23)19(25)11-15-12-20-17-5-3-2-4-16(15)17/h2-5,10,12-13,20H,6-9,11H2,1H3. The minimum absolute atomic E-state index is 0.184. The second-order valence-corrected chi connectivity index (χ2v) is 6.42. The molecule has 4 rings (SSSR count). The van der Waals surface area contributed by atoms with E-state index in [0.717, 1.165) is 54.2 Å². The molecule has 0 bridgehead atoms. The number of benzene rings is 1. The van der Waals surface area contributed by atoms with Gasteiger partial charge in [0, 0.05) is 55.0 Å². The number of carbonyl (C=O) groups is 1. The molecule has 0 saturated carbocycles. The topological polar surface area (TPSA) is 65.1 Å². The van der Waals surface area contributed by atoms with E-state index in [-0.39, 0.29) is 5.91 Å². The van der Waals surface area contributed by atoms with Crippen molar-refractivity contribution in [3.05, 3.63) is 54.1 Å². The van der Waals surface area contributed by atoms with Gasteiger partial charge in [0.2, 0.25) is 5.91 Å². The fourth-order valence-corrected chi connectivity index (χ4v) is 3.35. The van der Waals surface area contributed by atoms with Crippen molar-refractivity contribution in [3.63, 3.8) is 0 Å². The number of para-hydroxylation sites is 1. The maximum absolute atomic E-state index is 12.7. The SMILES string of the molecule is Cc1cc(N2CCN(C(=O)Cc3c[nH]c4ccccc34)CC2)ncn1. The summed E-state index contributed by atoms with van der Waals surface area (Å²) in [5.74, 6) is 1.12. The molecule has 1 amide bonds. The van der Waals surface area contributed by atoms with Crippen LogP contribution >= 0.6 is 0 Å². The van der Waals surface area contributed by atoms with Gasteiger partial charge in [-0.1, -0.05) is 18.2 Å². The van der Waals surface area contributed by atoms with Gasteiger partial charge in [0.1, 0.15) is 12.1 Å². The summed E-state index contributed by atoms with van der Waals surface area (Å²) in [5, 5.41) is 1.13. The Hall–Kier alpha value is -2.89. The first-order valence-electron chi connectivity index (χ1n) is 8.57. The van der Waals surface area contributed by atoms with Gasteiger partial charge < -0.3 is 14.8 Å². The molecule has 25 heavy (non-hydrogen) atoms. The van der Waals surface area contributed by atoms with Crippen LogP contribution in [0.3, 0.4) is 0 Å². The number of amides is 1. The predicted octanol–water partition coefficient (Wildman–Crippen LogP) is 2.16. The highest BCUT2D eigenvalue weighted by Crippen LogP contribution is 2.19. The summed E-state index contributed by atoms with van der Waals surface area (Å²) in [6.45, 7) is 5.02. The molecule has 1 fully saturated rings. The molecule has 1 aliphatic heterocycles. The van der Waals surface area contributed by atoms with E-state index in [1.807, 2.05) is 42.3 Å². The lowest BCUT2D eigenvalue weighted by atomic mass is 10.1. The van der Waals surface area contributed by atoms with Crippen LogP contribution in [0, 0.1) is 6.92 Å². The summed E-state index contributed by atoms with van der Waals surface area (Å²) in [6.07, 6.45) is 3.98. The van der Waals surface area contributed by atoms with Gasteiger partial charge in [-0.05, 0) is 18.6 Å². The van der Waals surface area contributed by atoms with E-state index in [0.29, 0.717) is 6.42 Å². The molecule has 6 nitrogen and oxygen atoms in total. The largest absolute Gasteiger partial charge is 0.361 e. The number of H-pyrrole nitrogens is 1. The highest BCUT2D eigenvalue weighted by Gasteiger charge is 2.22. The average Bonchev–Trinajstić information content (AvgIpc) is 3.05. The number of aryl methyl sites for hydroxylation is 1. The lowest BCUT2D eigenvalue weighted by Gasteiger charge is -2.35. The molecule has 0 radical (unpaired) electrons. The summed E-state index contributed by atoms with van der Waals surface area (Å²) in [5.41, 5.74) is 3.10. The van der Waals surface area contributed by atoms with Gasteiger partial charge in [-0.15, -0.1) is 0 Å². The molecule has 1 saturated heterocycles. The number of hydrogen-bond donors (Lipinski definition) is 1. The lowest BCUT2D eigenvalue weighted by Crippen LogP contribution is -2.49. The van der Waals surface area contributed by atoms with Crippen molar-refractivity contribution in [3.8, 4) is 0 Å². The van der Waals surface area contributed by atoms with E-state index in [2.05, 4.69) is 25.9 Å². The average molecular weight is 335 g/mol. The van der Waals surface area contributed by atoms with Crippen LogP contribution in [0.5, 0.6) is 0 Å². The molecule has 6 heteroatoms. The molecule has 0 spiro atoms. The van der Waals surface area contributed by atoms with Gasteiger partial charge in [0.05, 0.1) is 6.42 Å². The molecule has 0 atom stereocenters. The Morgan fingerprint density at radius 2 is 1.96 bits per heavy atom. The third kappa shape index (κ3) is 3.20. The van der Waals surface area contributed by atoms with Gasteiger partial charge in [-0.25, -0.2) is 9.97 Å². The summed E-state index contributed by atoms with van der Waals surface area (Å²) in [7, 11) is 0. The predicted molar refractivity (Wildman–Crippen MR) is 97.6 cm³/mol. The number of aromatic amines is 1. The molecule has 3 heterocycles. The van der Waals surface area contributed by atoms with Crippen molar-refractivity contribution in [1.29, 1.82) is 0 Å². The fraction of sp³-hybridized carbons (Fsp3) is 0.316. The summed E-state index contributed by atoms with van der Waals surface area (Å²) < 4.78 is 0. The first-order chi connectivity index (χ1) is 12.2. The van der Waals surface area contributed by atoms with Crippen molar-refractivity contribution in [2.75, 3.05) is 31.1 Å². The monoisotopic (exact) mass is 335 g/mol. The molecular weight excluding hydrogens is 314 g/mol. The van der Waals surface area contributed by atoms with Crippen LogP contribution < -0.4 is 4.90 Å². The second kappa shape index (κ2) is 6.55. The number of aromatic nitrogens is 3. The molecule has 1 N–H and O–H groups in total. The van der Waals surface area contributed by atoms with Crippen LogP contribution in [-0.4, -0.2) is 51.9 Å². The van der Waals surface area contributed by atoms with E-state index >= 15 is 0 Å². The molecule has 2 aromatic heterocycles. The van der Waals surface area contributed by atoms with E-state index < -0.39 is 0 Å². The summed E-state index contributed by atoms with van der Waals surface area (Å²) in [6, 6.07) is 10.1. The number of piperazine rings is 1. The van der Waals surface area contributed by atoms with Gasteiger partial charge in [0.15, 0.2) is 0 Å². The minimum Gasteiger partial charge on any atom is -0.361 e. The zero-order chi connectivity index (χ0) is 17.2. The van der Waals surface area contributed by atoms with E-state index in [1.165, 1.54) is 0 Å². The highest BCUT2D eigenvalue weighted by molar-refractivity contribution is 5.89. The molecule has 1 aliphatic rings. The van der Waals surface area contributed by atoms with Crippen LogP contribution in [-0.2, 0) is 11.2 Å². The summed E-state index contributed by atoms with van der Waals surface area (Å²) >= 11 is 0. The maximum atomic E-state index is 12.7. The quantitative estimate of drug-likeness (QED) is 0.797. The molecule has 1 aromatic carbocycles. The van der Waals surface area contributed by atoms with E-state index in [1.54, 1.807) is 6.33 Å². The third-order valence-electron chi connectivity index (χ3n) is 4.76. The van der Waals surface area contributed by atoms with Crippen molar-refractivity contribution >= 4 is 22.6 Å². The number of anilines is 1. The van der Waals surface area contributed by atoms with Crippen LogP contribution in [0.15, 0.2) is 42.9 Å². The van der Waals surface area contributed by atoms with Gasteiger partial charge >= 0.3 is 0 Å². The Morgan fingerprint density at radius 1 is 1.16 bits per heavy atom. The first-order valence-corrected chi connectivity index (χ1v) is 8.57. The number of nitrogens with one attached hydrogen (secondary N) is 1. The van der Waals surface area contributed by atoms with Gasteiger partial charge in [0.25, 0.3) is 0 Å². The Kier molecular flexibility index (Phi) is 4.09. The van der Waals surface area contributed by atoms with Crippen molar-refractivity contribution < 1.29 is 4.79 Å². The van der Waals surface area contributed by atoms with Gasteiger partial charge in [-0.2, -0.15) is 0 Å². The smallest absolute Gasteiger partial charge is 0.227 e. The van der Waals surface area contributed by atoms with E-state index in [9.17, 15) is 4.79 Å². The number of hydrogen-bond acceptors (Lipinski definition) is 4. The number of rotatable bonds is 3. The zero-order valence-electron chi connectivity index (χ0n) is 14.3. The number of nitrogens with zero attached hydrogens (tertiary/aromatic N) is 4. The Balaban J connectivity index is 1.40. The van der Waals surface area contributed by atoms with Gasteiger partial charge in [-0.3, -0.25) is 4.79 Å². The van der Waals surface area contributed by atoms with Crippen molar-refractivity contribution in [2.45, 2.75) is 13.3 Å². The van der Waals surface area contributed by atoms with Crippen LogP contribution in [0.1, 0.15) is 11.3 Å². The van der Waals surface area contributed by atoms with Crippen molar-refractivity contribution in [1.82, 2.24) is 19.9 Å². The Bertz CT molecular complexity index is 895. The first kappa shape index (κ1) is 15.6. The number of carbonyl (C=O) groups excluding carboxylic acids is 1. The van der Waals surface area contributed by atoms with Crippen molar-refractivity contribution in [2.24, 2.45) is 0 Å². The minimum atomic E-state index is 0.184. The molecule has 3 aromatic rings. The molecular formula is C19H21N5O. The molecule has 128 valence electrons. The number of fused-ring (bicyclic) bond motifs is 1. The third-order valence-corrected chi connectivity index (χ3v) is 4.76. The fourth-order valence-electron chi connectivity index (χ4n) is 3.35. The summed E-state index contributed by atoms with van der Waals surface area (Å²) in [4.78, 5) is 28.5. The second-order valence-electron chi connectivity index (χ2n) is 6.42. The Morgan fingerprint density at radius 3 is 2.76 bits per heavy atom. The van der Waals surface area contributed by atoms with Crippen LogP contribution in [0.4, 0.5) is 5.82 Å². The van der Waals surface area contributed by atoms with E-state index in [4.69, 9.17) is 0 Å². The highest BCUT2D eigenvalue weighted by atomic mass is 16.2. The van der Waals surface area contributed by atoms with Crippen LogP contribution in [0.2, 0.25) is 0 Å². The normalized spacial score (nSPS) is 14.9. The Labute approximate surface area is 146 Å². The lowest BCUT2D eigenvalue weighted by molar-refractivity contribution is -0.130. The zero-order valence-corrected chi connectivity index (χ0v) is 14.3. The maximum Gasteiger partial charge on any atom is 0.227 e. The molecule has 0 aliphatic carbocycles.